The number of pyridine rings is 1. The molecule has 0 saturated heterocycles. The molecule has 1 heterocycles. The minimum absolute atomic E-state index is 0.173. The number of amides is 1. The number of hydrogen-bond donors (Lipinski definition) is 2. The molecule has 0 aliphatic heterocycles. The molecule has 21 heavy (non-hydrogen) atoms. The molecule has 0 aliphatic rings. The second-order valence-corrected chi connectivity index (χ2v) is 4.68. The van der Waals surface area contributed by atoms with Crippen LogP contribution in [0.3, 0.4) is 0 Å². The van der Waals surface area contributed by atoms with Crippen LogP contribution in [0, 0.1) is 5.82 Å². The van der Waals surface area contributed by atoms with Crippen LogP contribution in [0.2, 0.25) is 0 Å². The summed E-state index contributed by atoms with van der Waals surface area (Å²) in [6.45, 7) is 2.70. The molecule has 2 aromatic rings. The van der Waals surface area contributed by atoms with Crippen molar-refractivity contribution in [2.45, 2.75) is 19.8 Å². The number of aromatic nitrogens is 1. The fourth-order valence-electron chi connectivity index (χ4n) is 1.83. The van der Waals surface area contributed by atoms with E-state index >= 15 is 0 Å². The van der Waals surface area contributed by atoms with E-state index in [9.17, 15) is 9.18 Å². The van der Waals surface area contributed by atoms with Crippen LogP contribution >= 0.6 is 0 Å². The Kier molecular flexibility index (Phi) is 5.26. The monoisotopic (exact) mass is 287 g/mol. The topological polar surface area (TPSA) is 54.0 Å². The Morgan fingerprint density at radius 2 is 2.10 bits per heavy atom. The highest BCUT2D eigenvalue weighted by Crippen LogP contribution is 2.19. The van der Waals surface area contributed by atoms with Crippen molar-refractivity contribution >= 4 is 17.3 Å². The fourth-order valence-corrected chi connectivity index (χ4v) is 1.83. The Morgan fingerprint density at radius 1 is 1.29 bits per heavy atom. The van der Waals surface area contributed by atoms with Crippen molar-refractivity contribution < 1.29 is 9.18 Å². The van der Waals surface area contributed by atoms with Gasteiger partial charge in [-0.1, -0.05) is 25.5 Å². The third-order valence-corrected chi connectivity index (χ3v) is 2.97. The van der Waals surface area contributed by atoms with Gasteiger partial charge in [-0.3, -0.25) is 9.78 Å². The van der Waals surface area contributed by atoms with E-state index in [1.54, 1.807) is 30.5 Å². The summed E-state index contributed by atoms with van der Waals surface area (Å²) in [5.74, 6) is -0.525. The maximum absolute atomic E-state index is 13.6. The second kappa shape index (κ2) is 7.38. The van der Waals surface area contributed by atoms with E-state index in [1.165, 1.54) is 12.3 Å². The largest absolute Gasteiger partial charge is 0.352 e. The summed E-state index contributed by atoms with van der Waals surface area (Å²) in [5.41, 5.74) is 1.37. The fraction of sp³-hybridized carbons (Fsp3) is 0.250. The van der Waals surface area contributed by atoms with Gasteiger partial charge in [0.1, 0.15) is 5.82 Å². The normalized spacial score (nSPS) is 10.2. The average Bonchev–Trinajstić information content (AvgIpc) is 2.50. The molecule has 0 aliphatic carbocycles. The number of nitrogens with one attached hydrogen (secondary N) is 2. The number of unbranched alkanes of at least 4 members (excludes halogenated alkanes) is 1. The van der Waals surface area contributed by atoms with Gasteiger partial charge >= 0.3 is 0 Å². The molecule has 4 nitrogen and oxygen atoms in total. The van der Waals surface area contributed by atoms with E-state index in [1.807, 2.05) is 0 Å². The van der Waals surface area contributed by atoms with Crippen LogP contribution in [-0.4, -0.2) is 17.4 Å². The first-order chi connectivity index (χ1) is 10.2. The number of anilines is 2. The highest BCUT2D eigenvalue weighted by molar-refractivity contribution is 5.94. The molecule has 1 aromatic heterocycles. The predicted octanol–water partition coefficient (Wildman–Crippen LogP) is 3.49. The highest BCUT2D eigenvalue weighted by Gasteiger charge is 2.07. The molecular formula is C16H18FN3O. The van der Waals surface area contributed by atoms with E-state index in [4.69, 9.17) is 0 Å². The summed E-state index contributed by atoms with van der Waals surface area (Å²) >= 11 is 0. The quantitative estimate of drug-likeness (QED) is 0.800. The summed E-state index contributed by atoms with van der Waals surface area (Å²) in [6, 6.07) is 8.01. The molecule has 0 fully saturated rings. The lowest BCUT2D eigenvalue weighted by molar-refractivity contribution is 0.0953. The van der Waals surface area contributed by atoms with Crippen molar-refractivity contribution in [2.75, 3.05) is 11.9 Å². The summed E-state index contributed by atoms with van der Waals surface area (Å²) in [7, 11) is 0. The lowest BCUT2D eigenvalue weighted by Crippen LogP contribution is -2.24. The van der Waals surface area contributed by atoms with Crippen LogP contribution in [-0.2, 0) is 0 Å². The average molecular weight is 287 g/mol. The Labute approximate surface area is 123 Å². The Morgan fingerprint density at radius 3 is 2.86 bits per heavy atom. The molecule has 5 heteroatoms. The summed E-state index contributed by atoms with van der Waals surface area (Å²) < 4.78 is 13.6. The van der Waals surface area contributed by atoms with Crippen LogP contribution in [0.4, 0.5) is 15.8 Å². The van der Waals surface area contributed by atoms with Gasteiger partial charge in [0.05, 0.1) is 23.1 Å². The highest BCUT2D eigenvalue weighted by atomic mass is 19.1. The van der Waals surface area contributed by atoms with Gasteiger partial charge in [0.25, 0.3) is 5.91 Å². The van der Waals surface area contributed by atoms with E-state index in [0.29, 0.717) is 23.5 Å². The molecule has 1 aromatic carbocycles. The van der Waals surface area contributed by atoms with Crippen LogP contribution < -0.4 is 10.6 Å². The Hall–Kier alpha value is -2.43. The standard InChI is InChI=1S/C16H18FN3O/c1-2-3-8-19-16(21)12-9-13(11-18-10-12)20-15-7-5-4-6-14(15)17/h4-7,9-11,20H,2-3,8H2,1H3,(H,19,21). The molecule has 0 radical (unpaired) electrons. The van der Waals surface area contributed by atoms with E-state index in [0.717, 1.165) is 12.8 Å². The molecular weight excluding hydrogens is 269 g/mol. The first-order valence-corrected chi connectivity index (χ1v) is 6.95. The smallest absolute Gasteiger partial charge is 0.252 e. The van der Waals surface area contributed by atoms with Gasteiger partial charge in [-0.05, 0) is 24.6 Å². The van der Waals surface area contributed by atoms with E-state index in [2.05, 4.69) is 22.5 Å². The number of carbonyl (C=O) groups excluding carboxylic acids is 1. The number of benzene rings is 1. The number of rotatable bonds is 6. The number of halogens is 1. The van der Waals surface area contributed by atoms with E-state index in [-0.39, 0.29) is 11.7 Å². The number of nitrogens with zero attached hydrogens (tertiary/aromatic N) is 1. The third kappa shape index (κ3) is 4.27. The molecule has 0 spiro atoms. The molecule has 0 atom stereocenters. The van der Waals surface area contributed by atoms with Gasteiger partial charge in [0, 0.05) is 12.7 Å². The SMILES string of the molecule is CCCCNC(=O)c1cncc(Nc2ccccc2F)c1. The third-order valence-electron chi connectivity index (χ3n) is 2.97. The molecule has 2 rings (SSSR count). The Bertz CT molecular complexity index is 616. The maximum atomic E-state index is 13.6. The minimum Gasteiger partial charge on any atom is -0.352 e. The van der Waals surface area contributed by atoms with Crippen molar-refractivity contribution in [1.82, 2.24) is 10.3 Å². The van der Waals surface area contributed by atoms with Crippen molar-refractivity contribution in [3.8, 4) is 0 Å². The van der Waals surface area contributed by atoms with Crippen LogP contribution in [0.25, 0.3) is 0 Å². The second-order valence-electron chi connectivity index (χ2n) is 4.68. The predicted molar refractivity (Wildman–Crippen MR) is 81.2 cm³/mol. The van der Waals surface area contributed by atoms with Crippen molar-refractivity contribution in [3.63, 3.8) is 0 Å². The molecule has 0 bridgehead atoms. The number of carbonyl (C=O) groups is 1. The van der Waals surface area contributed by atoms with Crippen LogP contribution in [0.15, 0.2) is 42.7 Å². The molecule has 0 unspecified atom stereocenters. The summed E-state index contributed by atoms with van der Waals surface area (Å²) in [4.78, 5) is 16.0. The van der Waals surface area contributed by atoms with E-state index < -0.39 is 0 Å². The maximum Gasteiger partial charge on any atom is 0.252 e. The zero-order valence-corrected chi connectivity index (χ0v) is 11.9. The molecule has 2 N–H and O–H groups in total. The lowest BCUT2D eigenvalue weighted by atomic mass is 10.2. The molecule has 110 valence electrons. The number of hydrogen-bond acceptors (Lipinski definition) is 3. The van der Waals surface area contributed by atoms with Gasteiger partial charge in [0.2, 0.25) is 0 Å². The summed E-state index contributed by atoms with van der Waals surface area (Å²) in [6.07, 6.45) is 5.00. The van der Waals surface area contributed by atoms with Crippen molar-refractivity contribution in [2.24, 2.45) is 0 Å². The van der Waals surface area contributed by atoms with Gasteiger partial charge in [-0.2, -0.15) is 0 Å². The van der Waals surface area contributed by atoms with Crippen molar-refractivity contribution in [3.05, 3.63) is 54.1 Å². The van der Waals surface area contributed by atoms with Gasteiger partial charge < -0.3 is 10.6 Å². The van der Waals surface area contributed by atoms with Gasteiger partial charge in [0.15, 0.2) is 0 Å². The van der Waals surface area contributed by atoms with Crippen molar-refractivity contribution in [1.29, 1.82) is 0 Å². The lowest BCUT2D eigenvalue weighted by Gasteiger charge is -2.09. The zero-order valence-electron chi connectivity index (χ0n) is 11.9. The number of para-hydroxylation sites is 1. The molecule has 1 amide bonds. The Balaban J connectivity index is 2.07. The minimum atomic E-state index is -0.352. The first-order valence-electron chi connectivity index (χ1n) is 6.95. The zero-order chi connectivity index (χ0) is 15.1. The first kappa shape index (κ1) is 15.0. The van der Waals surface area contributed by atoms with Gasteiger partial charge in [-0.25, -0.2) is 4.39 Å². The van der Waals surface area contributed by atoms with Gasteiger partial charge in [-0.15, -0.1) is 0 Å². The van der Waals surface area contributed by atoms with Crippen LogP contribution in [0.1, 0.15) is 30.1 Å². The summed E-state index contributed by atoms with van der Waals surface area (Å²) in [5, 5.41) is 5.74. The molecule has 0 saturated carbocycles. The van der Waals surface area contributed by atoms with Crippen LogP contribution in [0.5, 0.6) is 0 Å².